The number of nitrogens with one attached hydrogen (secondary N) is 1. The predicted molar refractivity (Wildman–Crippen MR) is 40.4 cm³/mol. The molecule has 0 radical (unpaired) electrons. The highest BCUT2D eigenvalue weighted by atomic mass is 16.4. The van der Waals surface area contributed by atoms with E-state index in [9.17, 15) is 9.59 Å². The van der Waals surface area contributed by atoms with E-state index in [4.69, 9.17) is 5.11 Å². The molecular formula is C8H11NO3. The summed E-state index contributed by atoms with van der Waals surface area (Å²) in [5, 5.41) is 11.5. The van der Waals surface area contributed by atoms with Crippen LogP contribution in [0.3, 0.4) is 0 Å². The van der Waals surface area contributed by atoms with Gasteiger partial charge in [-0.3, -0.25) is 9.59 Å². The number of amides is 1. The van der Waals surface area contributed by atoms with Gasteiger partial charge in [0, 0.05) is 13.0 Å². The number of rotatable bonds is 2. The number of hydrogen-bond donors (Lipinski definition) is 2. The third kappa shape index (κ3) is 0.777. The molecule has 0 spiro atoms. The molecule has 2 aliphatic rings. The quantitative estimate of drug-likeness (QED) is 0.610. The molecule has 3 atom stereocenters. The van der Waals surface area contributed by atoms with Crippen LogP contribution in [0.4, 0.5) is 0 Å². The first-order valence-electron chi connectivity index (χ1n) is 4.07. The average molecular weight is 169 g/mol. The third-order valence-corrected chi connectivity index (χ3v) is 3.02. The van der Waals surface area contributed by atoms with Crippen LogP contribution in [-0.2, 0) is 9.59 Å². The zero-order chi connectivity index (χ0) is 8.93. The summed E-state index contributed by atoms with van der Waals surface area (Å²) in [6.07, 6.45) is 1.36. The van der Waals surface area contributed by atoms with Gasteiger partial charge in [-0.1, -0.05) is 0 Å². The van der Waals surface area contributed by atoms with Crippen LogP contribution in [0.1, 0.15) is 19.8 Å². The van der Waals surface area contributed by atoms with Gasteiger partial charge in [0.25, 0.3) is 0 Å². The minimum Gasteiger partial charge on any atom is -0.481 e. The van der Waals surface area contributed by atoms with Crippen molar-refractivity contribution in [3.63, 3.8) is 0 Å². The molecule has 4 heteroatoms. The van der Waals surface area contributed by atoms with E-state index in [2.05, 4.69) is 5.32 Å². The Morgan fingerprint density at radius 1 is 1.50 bits per heavy atom. The number of carboxylic acid groups (broad SMARTS) is 1. The molecule has 4 nitrogen and oxygen atoms in total. The van der Waals surface area contributed by atoms with Gasteiger partial charge in [0.1, 0.15) is 0 Å². The fourth-order valence-corrected chi connectivity index (χ4v) is 2.22. The number of carbonyl (C=O) groups excluding carboxylic acids is 1. The van der Waals surface area contributed by atoms with Crippen LogP contribution in [-0.4, -0.2) is 23.0 Å². The van der Waals surface area contributed by atoms with Crippen molar-refractivity contribution in [2.75, 3.05) is 0 Å². The topological polar surface area (TPSA) is 66.4 Å². The second kappa shape index (κ2) is 2.00. The Morgan fingerprint density at radius 3 is 2.50 bits per heavy atom. The average Bonchev–Trinajstić information content (AvgIpc) is 2.52. The summed E-state index contributed by atoms with van der Waals surface area (Å²) >= 11 is 0. The molecule has 1 amide bonds. The van der Waals surface area contributed by atoms with Crippen LogP contribution in [0.15, 0.2) is 0 Å². The molecule has 2 aliphatic carbocycles. The first-order valence-corrected chi connectivity index (χ1v) is 4.07. The van der Waals surface area contributed by atoms with E-state index >= 15 is 0 Å². The van der Waals surface area contributed by atoms with Crippen molar-refractivity contribution in [1.82, 2.24) is 5.32 Å². The van der Waals surface area contributed by atoms with Crippen molar-refractivity contribution in [2.45, 2.75) is 25.8 Å². The maximum absolute atomic E-state index is 10.7. The zero-order valence-corrected chi connectivity index (χ0v) is 6.83. The number of fused-ring (bicyclic) bond motifs is 1. The number of carbonyl (C=O) groups is 2. The minimum atomic E-state index is -0.700. The molecule has 12 heavy (non-hydrogen) atoms. The summed E-state index contributed by atoms with van der Waals surface area (Å²) in [5.74, 6) is -0.557. The van der Waals surface area contributed by atoms with Gasteiger partial charge in [0.05, 0.1) is 5.41 Å². The molecule has 0 aromatic carbocycles. The standard InChI is InChI=1S/C8H11NO3/c1-4(10)9-6-3-8(7(11)12)2-5(6)8/h5-6H,2-3H2,1H3,(H,9,10)(H,11,12)/t5-,6-,8-/m0/s1. The van der Waals surface area contributed by atoms with E-state index in [0.29, 0.717) is 6.42 Å². The Balaban J connectivity index is 1.91. The summed E-state index contributed by atoms with van der Waals surface area (Å²) in [7, 11) is 0. The number of carboxylic acids is 1. The van der Waals surface area contributed by atoms with Gasteiger partial charge in [-0.05, 0) is 18.8 Å². The van der Waals surface area contributed by atoms with Crippen LogP contribution in [0, 0.1) is 11.3 Å². The Morgan fingerprint density at radius 2 is 2.17 bits per heavy atom. The lowest BCUT2D eigenvalue weighted by molar-refractivity contribution is -0.148. The fraction of sp³-hybridized carbons (Fsp3) is 0.750. The fourth-order valence-electron chi connectivity index (χ4n) is 2.22. The Labute approximate surface area is 69.9 Å². The van der Waals surface area contributed by atoms with Crippen molar-refractivity contribution >= 4 is 11.9 Å². The van der Waals surface area contributed by atoms with Crippen LogP contribution in [0.25, 0.3) is 0 Å². The maximum Gasteiger partial charge on any atom is 0.310 e. The van der Waals surface area contributed by atoms with E-state index in [1.807, 2.05) is 0 Å². The van der Waals surface area contributed by atoms with Gasteiger partial charge in [0.2, 0.25) is 5.91 Å². The van der Waals surface area contributed by atoms with Gasteiger partial charge in [0.15, 0.2) is 0 Å². The Kier molecular flexibility index (Phi) is 1.26. The molecule has 0 aromatic rings. The van der Waals surface area contributed by atoms with E-state index in [1.165, 1.54) is 6.92 Å². The largest absolute Gasteiger partial charge is 0.481 e. The lowest BCUT2D eigenvalue weighted by Gasteiger charge is -2.31. The van der Waals surface area contributed by atoms with Crippen LogP contribution in [0.5, 0.6) is 0 Å². The molecule has 0 heterocycles. The summed E-state index contributed by atoms with van der Waals surface area (Å²) in [4.78, 5) is 21.3. The van der Waals surface area contributed by atoms with Crippen molar-refractivity contribution < 1.29 is 14.7 Å². The molecule has 0 bridgehead atoms. The predicted octanol–water partition coefficient (Wildman–Crippen LogP) is -0.0143. The Hall–Kier alpha value is -1.06. The van der Waals surface area contributed by atoms with Crippen LogP contribution < -0.4 is 5.32 Å². The van der Waals surface area contributed by atoms with Crippen molar-refractivity contribution in [2.24, 2.45) is 11.3 Å². The van der Waals surface area contributed by atoms with E-state index in [0.717, 1.165) is 6.42 Å². The second-order valence-electron chi connectivity index (χ2n) is 3.78. The van der Waals surface area contributed by atoms with Crippen LogP contribution >= 0.6 is 0 Å². The van der Waals surface area contributed by atoms with Crippen molar-refractivity contribution in [1.29, 1.82) is 0 Å². The monoisotopic (exact) mass is 169 g/mol. The lowest BCUT2D eigenvalue weighted by Crippen LogP contribution is -2.47. The van der Waals surface area contributed by atoms with Crippen LogP contribution in [0.2, 0.25) is 0 Å². The van der Waals surface area contributed by atoms with E-state index in [1.54, 1.807) is 0 Å². The molecule has 0 aromatic heterocycles. The highest BCUT2D eigenvalue weighted by molar-refractivity contribution is 5.82. The van der Waals surface area contributed by atoms with Crippen molar-refractivity contribution in [3.8, 4) is 0 Å². The summed E-state index contributed by atoms with van der Waals surface area (Å²) in [6.45, 7) is 1.46. The van der Waals surface area contributed by atoms with Crippen molar-refractivity contribution in [3.05, 3.63) is 0 Å². The normalized spacial score (nSPS) is 42.4. The molecule has 66 valence electrons. The molecular weight excluding hydrogens is 158 g/mol. The van der Waals surface area contributed by atoms with Gasteiger partial charge >= 0.3 is 5.97 Å². The van der Waals surface area contributed by atoms with Gasteiger partial charge < -0.3 is 10.4 Å². The summed E-state index contributed by atoms with van der Waals surface area (Å²) in [5.41, 5.74) is -0.451. The van der Waals surface area contributed by atoms with Gasteiger partial charge in [-0.2, -0.15) is 0 Å². The first-order chi connectivity index (χ1) is 5.56. The maximum atomic E-state index is 10.7. The molecule has 2 N–H and O–H groups in total. The second-order valence-corrected chi connectivity index (χ2v) is 3.78. The molecule has 0 aliphatic heterocycles. The SMILES string of the molecule is CC(=O)N[C@H]1C[C@@]2(C(=O)O)C[C@@H]12. The third-order valence-electron chi connectivity index (χ3n) is 3.02. The number of aliphatic carboxylic acids is 1. The molecule has 0 unspecified atom stereocenters. The van der Waals surface area contributed by atoms with Gasteiger partial charge in [-0.25, -0.2) is 0 Å². The minimum absolute atomic E-state index is 0.0640. The Bertz CT molecular complexity index is 263. The summed E-state index contributed by atoms with van der Waals surface area (Å²) in [6, 6.07) is 0.124. The lowest BCUT2D eigenvalue weighted by atomic mass is 9.80. The van der Waals surface area contributed by atoms with E-state index in [-0.39, 0.29) is 17.9 Å². The zero-order valence-electron chi connectivity index (χ0n) is 6.83. The molecule has 2 saturated carbocycles. The highest BCUT2D eigenvalue weighted by Gasteiger charge is 2.72. The molecule has 2 rings (SSSR count). The molecule has 2 fully saturated rings. The first kappa shape index (κ1) is 7.58. The summed E-state index contributed by atoms with van der Waals surface area (Å²) < 4.78 is 0. The highest BCUT2D eigenvalue weighted by Crippen LogP contribution is 2.67. The van der Waals surface area contributed by atoms with Gasteiger partial charge in [-0.15, -0.1) is 0 Å². The van der Waals surface area contributed by atoms with E-state index < -0.39 is 11.4 Å². The smallest absolute Gasteiger partial charge is 0.310 e. The molecule has 0 saturated heterocycles. The number of hydrogen-bond acceptors (Lipinski definition) is 2.